The molecular formula is C8H9BrN2O. The zero-order valence-electron chi connectivity index (χ0n) is 6.89. The van der Waals surface area contributed by atoms with Crippen molar-refractivity contribution in [1.82, 2.24) is 10.3 Å². The Morgan fingerprint density at radius 3 is 2.75 bits per heavy atom. The largest absolute Gasteiger partial charge is 0.355 e. The minimum absolute atomic E-state index is 0.130. The molecule has 1 N–H and O–H groups in total. The molecule has 0 unspecified atom stereocenters. The van der Waals surface area contributed by atoms with Crippen molar-refractivity contribution in [3.05, 3.63) is 28.0 Å². The highest BCUT2D eigenvalue weighted by atomic mass is 79.9. The fourth-order valence-corrected chi connectivity index (χ4v) is 1.42. The number of hydrogen-bond donors (Lipinski definition) is 1. The van der Waals surface area contributed by atoms with Crippen LogP contribution >= 0.6 is 15.9 Å². The molecule has 0 atom stereocenters. The van der Waals surface area contributed by atoms with Gasteiger partial charge in [0.05, 0.1) is 5.56 Å². The minimum atomic E-state index is -0.130. The van der Waals surface area contributed by atoms with Gasteiger partial charge in [-0.05, 0) is 35.0 Å². The minimum Gasteiger partial charge on any atom is -0.355 e. The van der Waals surface area contributed by atoms with Gasteiger partial charge in [0.15, 0.2) is 0 Å². The Bertz CT molecular complexity index is 312. The SMILES string of the molecule is CNC(=O)c1ccc(C)nc1Br. The topological polar surface area (TPSA) is 42.0 Å². The number of amides is 1. The molecule has 0 radical (unpaired) electrons. The van der Waals surface area contributed by atoms with Crippen LogP contribution < -0.4 is 5.32 Å². The van der Waals surface area contributed by atoms with E-state index in [1.54, 1.807) is 19.2 Å². The fraction of sp³-hybridized carbons (Fsp3) is 0.250. The van der Waals surface area contributed by atoms with Gasteiger partial charge < -0.3 is 5.32 Å². The van der Waals surface area contributed by atoms with E-state index in [-0.39, 0.29) is 5.91 Å². The van der Waals surface area contributed by atoms with Crippen LogP contribution in [0, 0.1) is 6.92 Å². The monoisotopic (exact) mass is 228 g/mol. The zero-order valence-corrected chi connectivity index (χ0v) is 8.47. The summed E-state index contributed by atoms with van der Waals surface area (Å²) < 4.78 is 0.585. The van der Waals surface area contributed by atoms with Crippen molar-refractivity contribution in [3.63, 3.8) is 0 Å². The number of carbonyl (C=O) groups excluding carboxylic acids is 1. The second-order valence-corrected chi connectivity index (χ2v) is 3.12. The lowest BCUT2D eigenvalue weighted by Crippen LogP contribution is -2.18. The van der Waals surface area contributed by atoms with Gasteiger partial charge in [-0.2, -0.15) is 0 Å². The van der Waals surface area contributed by atoms with Crippen LogP contribution in [0.15, 0.2) is 16.7 Å². The predicted molar refractivity (Wildman–Crippen MR) is 50.1 cm³/mol. The normalized spacial score (nSPS) is 9.58. The molecule has 64 valence electrons. The number of aromatic nitrogens is 1. The molecule has 0 saturated heterocycles. The molecule has 0 aliphatic rings. The molecule has 0 aliphatic carbocycles. The lowest BCUT2D eigenvalue weighted by Gasteiger charge is -2.01. The summed E-state index contributed by atoms with van der Waals surface area (Å²) in [5, 5.41) is 2.53. The molecule has 3 nitrogen and oxygen atoms in total. The summed E-state index contributed by atoms with van der Waals surface area (Å²) in [6.07, 6.45) is 0. The van der Waals surface area contributed by atoms with Crippen LogP contribution in [0.3, 0.4) is 0 Å². The third kappa shape index (κ3) is 1.82. The van der Waals surface area contributed by atoms with Crippen molar-refractivity contribution in [1.29, 1.82) is 0 Å². The molecule has 0 aromatic carbocycles. The van der Waals surface area contributed by atoms with Crippen LogP contribution in [0.5, 0.6) is 0 Å². The lowest BCUT2D eigenvalue weighted by molar-refractivity contribution is 0.0962. The van der Waals surface area contributed by atoms with Crippen LogP contribution in [0.1, 0.15) is 16.1 Å². The third-order valence-corrected chi connectivity index (χ3v) is 2.06. The van der Waals surface area contributed by atoms with Crippen molar-refractivity contribution in [2.45, 2.75) is 6.92 Å². The highest BCUT2D eigenvalue weighted by Crippen LogP contribution is 2.13. The Balaban J connectivity index is 3.09. The van der Waals surface area contributed by atoms with E-state index in [4.69, 9.17) is 0 Å². The number of pyridine rings is 1. The van der Waals surface area contributed by atoms with E-state index in [1.165, 1.54) is 0 Å². The molecule has 0 aliphatic heterocycles. The summed E-state index contributed by atoms with van der Waals surface area (Å²) in [7, 11) is 1.59. The van der Waals surface area contributed by atoms with E-state index in [2.05, 4.69) is 26.2 Å². The first-order valence-electron chi connectivity index (χ1n) is 3.50. The van der Waals surface area contributed by atoms with Crippen LogP contribution in [-0.2, 0) is 0 Å². The van der Waals surface area contributed by atoms with Gasteiger partial charge >= 0.3 is 0 Å². The average Bonchev–Trinajstić information content (AvgIpc) is 2.03. The number of carbonyl (C=O) groups is 1. The molecule has 1 aromatic heterocycles. The average molecular weight is 229 g/mol. The zero-order chi connectivity index (χ0) is 9.14. The second-order valence-electron chi connectivity index (χ2n) is 2.37. The third-order valence-electron chi connectivity index (χ3n) is 1.46. The molecular weight excluding hydrogens is 220 g/mol. The predicted octanol–water partition coefficient (Wildman–Crippen LogP) is 1.51. The van der Waals surface area contributed by atoms with E-state index in [0.717, 1.165) is 5.69 Å². The fourth-order valence-electron chi connectivity index (χ4n) is 0.829. The van der Waals surface area contributed by atoms with Gasteiger partial charge in [-0.15, -0.1) is 0 Å². The quantitative estimate of drug-likeness (QED) is 0.741. The summed E-state index contributed by atoms with van der Waals surface area (Å²) >= 11 is 3.22. The van der Waals surface area contributed by atoms with Crippen LogP contribution in [0.4, 0.5) is 0 Å². The maximum absolute atomic E-state index is 11.2. The second kappa shape index (κ2) is 3.67. The van der Waals surface area contributed by atoms with Crippen molar-refractivity contribution in [2.75, 3.05) is 7.05 Å². The van der Waals surface area contributed by atoms with Crippen molar-refractivity contribution in [3.8, 4) is 0 Å². The van der Waals surface area contributed by atoms with Gasteiger partial charge in [0.1, 0.15) is 4.60 Å². The van der Waals surface area contributed by atoms with Gasteiger partial charge in [-0.1, -0.05) is 0 Å². The number of aryl methyl sites for hydroxylation is 1. The number of hydrogen-bond acceptors (Lipinski definition) is 2. The molecule has 1 heterocycles. The Morgan fingerprint density at radius 2 is 2.25 bits per heavy atom. The molecule has 1 amide bonds. The molecule has 12 heavy (non-hydrogen) atoms. The first-order chi connectivity index (χ1) is 5.65. The van der Waals surface area contributed by atoms with Crippen molar-refractivity contribution in [2.24, 2.45) is 0 Å². The summed E-state index contributed by atoms with van der Waals surface area (Å²) in [5.41, 5.74) is 1.44. The van der Waals surface area contributed by atoms with Gasteiger partial charge in [-0.25, -0.2) is 4.98 Å². The molecule has 1 rings (SSSR count). The first kappa shape index (κ1) is 9.19. The van der Waals surface area contributed by atoms with Crippen LogP contribution in [0.2, 0.25) is 0 Å². The highest BCUT2D eigenvalue weighted by molar-refractivity contribution is 9.10. The Labute approximate surface area is 79.3 Å². The van der Waals surface area contributed by atoms with Crippen molar-refractivity contribution < 1.29 is 4.79 Å². The maximum Gasteiger partial charge on any atom is 0.253 e. The van der Waals surface area contributed by atoms with Gasteiger partial charge in [0, 0.05) is 12.7 Å². The maximum atomic E-state index is 11.2. The van der Waals surface area contributed by atoms with Gasteiger partial charge in [0.25, 0.3) is 5.91 Å². The lowest BCUT2D eigenvalue weighted by atomic mass is 10.2. The molecule has 0 saturated carbocycles. The smallest absolute Gasteiger partial charge is 0.253 e. The van der Waals surface area contributed by atoms with Crippen LogP contribution in [-0.4, -0.2) is 17.9 Å². The molecule has 4 heteroatoms. The summed E-state index contributed by atoms with van der Waals surface area (Å²) in [6.45, 7) is 1.87. The summed E-state index contributed by atoms with van der Waals surface area (Å²) in [5.74, 6) is -0.130. The number of rotatable bonds is 1. The van der Waals surface area contributed by atoms with Gasteiger partial charge in [-0.3, -0.25) is 4.79 Å². The van der Waals surface area contributed by atoms with E-state index >= 15 is 0 Å². The highest BCUT2D eigenvalue weighted by Gasteiger charge is 2.08. The van der Waals surface area contributed by atoms with E-state index in [9.17, 15) is 4.79 Å². The number of nitrogens with zero attached hydrogens (tertiary/aromatic N) is 1. The van der Waals surface area contributed by atoms with Crippen LogP contribution in [0.25, 0.3) is 0 Å². The molecule has 0 spiro atoms. The van der Waals surface area contributed by atoms with Gasteiger partial charge in [0.2, 0.25) is 0 Å². The number of halogens is 1. The van der Waals surface area contributed by atoms with E-state index < -0.39 is 0 Å². The summed E-state index contributed by atoms with van der Waals surface area (Å²) in [6, 6.07) is 3.54. The van der Waals surface area contributed by atoms with Crippen molar-refractivity contribution >= 4 is 21.8 Å². The Morgan fingerprint density at radius 1 is 1.58 bits per heavy atom. The number of nitrogens with one attached hydrogen (secondary N) is 1. The van der Waals surface area contributed by atoms with E-state index in [1.807, 2.05) is 6.92 Å². The standard InChI is InChI=1S/C8H9BrN2O/c1-5-3-4-6(7(9)11-5)8(12)10-2/h3-4H,1-2H3,(H,10,12). The molecule has 0 bridgehead atoms. The molecule has 0 fully saturated rings. The molecule has 1 aromatic rings. The Hall–Kier alpha value is -0.900. The Kier molecular flexibility index (Phi) is 2.81. The first-order valence-corrected chi connectivity index (χ1v) is 4.29. The summed E-state index contributed by atoms with van der Waals surface area (Å²) in [4.78, 5) is 15.3. The van der Waals surface area contributed by atoms with E-state index in [0.29, 0.717) is 10.2 Å².